The van der Waals surface area contributed by atoms with Gasteiger partial charge in [0, 0.05) is 23.4 Å². The van der Waals surface area contributed by atoms with E-state index in [1.807, 2.05) is 11.8 Å². The van der Waals surface area contributed by atoms with Gasteiger partial charge in [0.1, 0.15) is 6.04 Å². The average molecular weight is 495 g/mol. The number of ether oxygens (including phenoxy) is 1. The molecule has 1 spiro atoms. The van der Waals surface area contributed by atoms with Crippen molar-refractivity contribution in [1.29, 1.82) is 0 Å². The number of rotatable bonds is 9. The topological polar surface area (TPSA) is 87.2 Å². The van der Waals surface area contributed by atoms with E-state index in [-0.39, 0.29) is 43.0 Å². The van der Waals surface area contributed by atoms with Crippen molar-refractivity contribution in [3.8, 4) is 0 Å². The molecule has 3 rings (SSSR count). The number of nitrogens with zero attached hydrogens (tertiary/aromatic N) is 2. The van der Waals surface area contributed by atoms with Gasteiger partial charge in [-0.3, -0.25) is 14.4 Å². The molecule has 2 amide bonds. The maximum atomic E-state index is 14.4. The average Bonchev–Trinajstić information content (AvgIpc) is 3.25. The number of aliphatic hydroxyl groups excluding tert-OH is 1. The molecule has 0 aromatic rings. The van der Waals surface area contributed by atoms with Crippen LogP contribution in [0.2, 0.25) is 0 Å². The predicted octanol–water partition coefficient (Wildman–Crippen LogP) is 3.25. The van der Waals surface area contributed by atoms with Crippen molar-refractivity contribution in [3.05, 3.63) is 12.7 Å². The van der Waals surface area contributed by atoms with E-state index < -0.39 is 32.9 Å². The lowest BCUT2D eigenvalue weighted by Crippen LogP contribution is -2.60. The standard InChI is InChI=1S/C26H42N2O5S/c1-9-13-28(24(6,7)16-23(3,4)5)21(31)19-26-12-11-25(8,34-26)18(22(32)33-10-2)17(26)20(30)27(19)14-15-29/h9,17-19,29H,1,10-16H2,2-8H3/t17-,18+,19?,25-,26?/m0/s1. The Hall–Kier alpha value is -1.54. The Balaban J connectivity index is 2.08. The zero-order chi connectivity index (χ0) is 25.7. The molecular formula is C26H42N2O5S. The summed E-state index contributed by atoms with van der Waals surface area (Å²) >= 11 is 1.62. The van der Waals surface area contributed by atoms with Gasteiger partial charge < -0.3 is 19.6 Å². The van der Waals surface area contributed by atoms with Crippen LogP contribution < -0.4 is 0 Å². The minimum atomic E-state index is -0.734. The van der Waals surface area contributed by atoms with E-state index in [2.05, 4.69) is 41.2 Å². The summed E-state index contributed by atoms with van der Waals surface area (Å²) < 4.78 is 4.26. The first-order valence-electron chi connectivity index (χ1n) is 12.4. The molecule has 8 heteroatoms. The third kappa shape index (κ3) is 4.29. The second kappa shape index (κ2) is 9.16. The molecule has 2 bridgehead atoms. The SMILES string of the molecule is C=CCN(C(=O)C1N(CCO)C(=O)[C@@H]2[C@H](C(=O)OCC)[C@]3(C)CCC12S3)C(C)(C)CC(C)(C)C. The Kier molecular flexibility index (Phi) is 7.29. The molecule has 2 unspecified atom stereocenters. The lowest BCUT2D eigenvalue weighted by Gasteiger charge is -2.45. The van der Waals surface area contributed by atoms with Gasteiger partial charge in [-0.2, -0.15) is 0 Å². The minimum absolute atomic E-state index is 0.0106. The quantitative estimate of drug-likeness (QED) is 0.391. The van der Waals surface area contributed by atoms with Crippen LogP contribution in [0.5, 0.6) is 0 Å². The molecular weight excluding hydrogens is 452 g/mol. The van der Waals surface area contributed by atoms with Gasteiger partial charge in [-0.15, -0.1) is 18.3 Å². The second-order valence-corrected chi connectivity index (χ2v) is 13.9. The molecule has 3 saturated heterocycles. The van der Waals surface area contributed by atoms with E-state index in [0.29, 0.717) is 13.0 Å². The summed E-state index contributed by atoms with van der Waals surface area (Å²) in [6.45, 7) is 18.7. The van der Waals surface area contributed by atoms with Crippen molar-refractivity contribution < 1.29 is 24.2 Å². The number of β-amino-alcohol motifs (C(OH)–C–C–N with tert-alkyl or cyclic N) is 1. The maximum Gasteiger partial charge on any atom is 0.311 e. The highest BCUT2D eigenvalue weighted by Crippen LogP contribution is 2.71. The van der Waals surface area contributed by atoms with Crippen molar-refractivity contribution in [1.82, 2.24) is 9.80 Å². The molecule has 3 aliphatic heterocycles. The third-order valence-electron chi connectivity index (χ3n) is 7.66. The lowest BCUT2D eigenvalue weighted by atomic mass is 9.66. The molecule has 0 radical (unpaired) electrons. The van der Waals surface area contributed by atoms with Crippen molar-refractivity contribution >= 4 is 29.5 Å². The number of hydrogen-bond acceptors (Lipinski definition) is 6. The summed E-state index contributed by atoms with van der Waals surface area (Å²) in [6, 6.07) is -0.734. The van der Waals surface area contributed by atoms with E-state index in [1.54, 1.807) is 29.7 Å². The molecule has 0 saturated carbocycles. The lowest BCUT2D eigenvalue weighted by molar-refractivity contribution is -0.155. The smallest absolute Gasteiger partial charge is 0.311 e. The largest absolute Gasteiger partial charge is 0.466 e. The number of thioether (sulfide) groups is 1. The van der Waals surface area contributed by atoms with E-state index in [9.17, 15) is 19.5 Å². The number of fused-ring (bicyclic) bond motifs is 1. The predicted molar refractivity (Wildman–Crippen MR) is 134 cm³/mol. The summed E-state index contributed by atoms with van der Waals surface area (Å²) in [5.74, 6) is -1.90. The molecule has 3 fully saturated rings. The van der Waals surface area contributed by atoms with Crippen LogP contribution in [0.3, 0.4) is 0 Å². The maximum absolute atomic E-state index is 14.4. The highest BCUT2D eigenvalue weighted by Gasteiger charge is 2.77. The normalized spacial score (nSPS) is 32.6. The summed E-state index contributed by atoms with van der Waals surface area (Å²) in [4.78, 5) is 44.6. The van der Waals surface area contributed by atoms with Gasteiger partial charge in [0.05, 0.1) is 29.8 Å². The van der Waals surface area contributed by atoms with Gasteiger partial charge in [0.2, 0.25) is 11.8 Å². The van der Waals surface area contributed by atoms with Gasteiger partial charge in [0.15, 0.2) is 0 Å². The van der Waals surface area contributed by atoms with Crippen molar-refractivity contribution in [2.45, 2.75) is 88.8 Å². The third-order valence-corrected chi connectivity index (χ3v) is 9.65. The van der Waals surface area contributed by atoms with E-state index in [1.165, 1.54) is 0 Å². The van der Waals surface area contributed by atoms with Crippen molar-refractivity contribution in [3.63, 3.8) is 0 Å². The molecule has 0 aliphatic carbocycles. The molecule has 3 aliphatic rings. The Morgan fingerprint density at radius 3 is 2.47 bits per heavy atom. The number of hydrogen-bond donors (Lipinski definition) is 1. The monoisotopic (exact) mass is 494 g/mol. The van der Waals surface area contributed by atoms with Crippen LogP contribution in [0, 0.1) is 17.3 Å². The Bertz CT molecular complexity index is 853. The Labute approximate surface area is 208 Å². The van der Waals surface area contributed by atoms with Gasteiger partial charge in [-0.25, -0.2) is 0 Å². The summed E-state index contributed by atoms with van der Waals surface area (Å²) in [7, 11) is 0. The Morgan fingerprint density at radius 1 is 1.29 bits per heavy atom. The molecule has 192 valence electrons. The first-order chi connectivity index (χ1) is 15.7. The number of amides is 2. The highest BCUT2D eigenvalue weighted by molar-refractivity contribution is 8.02. The molecule has 0 aromatic heterocycles. The second-order valence-electron chi connectivity index (χ2n) is 12.0. The highest BCUT2D eigenvalue weighted by atomic mass is 32.2. The van der Waals surface area contributed by atoms with Crippen LogP contribution in [0.1, 0.15) is 67.7 Å². The van der Waals surface area contributed by atoms with E-state index in [4.69, 9.17) is 4.74 Å². The van der Waals surface area contributed by atoms with E-state index >= 15 is 0 Å². The van der Waals surface area contributed by atoms with Crippen LogP contribution in [0.4, 0.5) is 0 Å². The molecule has 3 heterocycles. The fourth-order valence-corrected chi connectivity index (χ4v) is 9.29. The molecule has 1 N–H and O–H groups in total. The zero-order valence-corrected chi connectivity index (χ0v) is 22.7. The first-order valence-corrected chi connectivity index (χ1v) is 13.2. The van der Waals surface area contributed by atoms with Crippen molar-refractivity contribution in [2.24, 2.45) is 17.3 Å². The van der Waals surface area contributed by atoms with Gasteiger partial charge >= 0.3 is 5.97 Å². The van der Waals surface area contributed by atoms with Crippen LogP contribution in [-0.4, -0.2) is 80.1 Å². The fourth-order valence-electron chi connectivity index (χ4n) is 6.95. The molecule has 0 aromatic carbocycles. The van der Waals surface area contributed by atoms with Crippen molar-refractivity contribution in [2.75, 3.05) is 26.3 Å². The summed E-state index contributed by atoms with van der Waals surface area (Å²) in [6.07, 6.45) is 3.93. The van der Waals surface area contributed by atoms with Crippen LogP contribution in [-0.2, 0) is 19.1 Å². The van der Waals surface area contributed by atoms with Gasteiger partial charge in [-0.1, -0.05) is 26.8 Å². The first kappa shape index (κ1) is 27.1. The number of esters is 1. The summed E-state index contributed by atoms with van der Waals surface area (Å²) in [5, 5.41) is 9.81. The van der Waals surface area contributed by atoms with Gasteiger partial charge in [0.25, 0.3) is 0 Å². The number of carbonyl (C=O) groups excluding carboxylic acids is 3. The minimum Gasteiger partial charge on any atom is -0.466 e. The number of likely N-dealkylation sites (tertiary alicyclic amines) is 1. The Morgan fingerprint density at radius 2 is 1.94 bits per heavy atom. The molecule has 5 atom stereocenters. The van der Waals surface area contributed by atoms with Crippen LogP contribution >= 0.6 is 11.8 Å². The molecule has 7 nitrogen and oxygen atoms in total. The molecule has 34 heavy (non-hydrogen) atoms. The van der Waals surface area contributed by atoms with Crippen LogP contribution in [0.15, 0.2) is 12.7 Å². The van der Waals surface area contributed by atoms with Crippen LogP contribution in [0.25, 0.3) is 0 Å². The summed E-state index contributed by atoms with van der Waals surface area (Å²) in [5.41, 5.74) is -0.485. The fraction of sp³-hybridized carbons (Fsp3) is 0.808. The van der Waals surface area contributed by atoms with Gasteiger partial charge in [-0.05, 0) is 52.4 Å². The zero-order valence-electron chi connectivity index (χ0n) is 21.8. The number of aliphatic hydroxyl groups is 1. The number of carbonyl (C=O) groups is 3. The van der Waals surface area contributed by atoms with E-state index in [0.717, 1.165) is 12.8 Å².